The molecular weight excluding hydrogens is 392 g/mol. The van der Waals surface area contributed by atoms with Gasteiger partial charge in [0.15, 0.2) is 17.0 Å². The number of rotatable bonds is 4. The van der Waals surface area contributed by atoms with Gasteiger partial charge in [0.1, 0.15) is 5.82 Å². The summed E-state index contributed by atoms with van der Waals surface area (Å²) in [6.07, 6.45) is -0.0333. The number of aliphatic hydroxyl groups is 2. The molecule has 0 bridgehead atoms. The Morgan fingerprint density at radius 3 is 2.66 bits per heavy atom. The lowest BCUT2D eigenvalue weighted by molar-refractivity contribution is 0.184. The number of hydrogen-bond acceptors (Lipinski definition) is 7. The first-order valence-electron chi connectivity index (χ1n) is 9.68. The average Bonchev–Trinajstić information content (AvgIpc) is 3.25. The molecule has 0 amide bonds. The number of halogens is 1. The summed E-state index contributed by atoms with van der Waals surface area (Å²) in [6.45, 7) is 6.88. The number of nitrogens with zero attached hydrogens (tertiary/aromatic N) is 6. The van der Waals surface area contributed by atoms with Crippen LogP contribution in [0.25, 0.3) is 11.2 Å². The van der Waals surface area contributed by atoms with Gasteiger partial charge < -0.3 is 15.1 Å². The predicted octanol–water partition coefficient (Wildman–Crippen LogP) is 2.15. The highest BCUT2D eigenvalue weighted by molar-refractivity contribution is 6.31. The lowest BCUT2D eigenvalue weighted by atomic mass is 9.95. The van der Waals surface area contributed by atoms with Gasteiger partial charge in [0, 0.05) is 17.0 Å². The van der Waals surface area contributed by atoms with Crippen molar-refractivity contribution in [2.45, 2.75) is 51.3 Å². The second kappa shape index (κ2) is 7.51. The van der Waals surface area contributed by atoms with E-state index in [-0.39, 0.29) is 18.1 Å². The fourth-order valence-electron chi connectivity index (χ4n) is 3.60. The Balaban J connectivity index is 1.86. The monoisotopic (exact) mass is 416 g/mol. The van der Waals surface area contributed by atoms with Gasteiger partial charge in [0.25, 0.3) is 0 Å². The van der Waals surface area contributed by atoms with Gasteiger partial charge >= 0.3 is 0 Å². The summed E-state index contributed by atoms with van der Waals surface area (Å²) in [5, 5.41) is 29.3. The summed E-state index contributed by atoms with van der Waals surface area (Å²) >= 11 is 6.33. The molecule has 1 saturated heterocycles. The van der Waals surface area contributed by atoms with Crippen LogP contribution in [0.4, 0.5) is 5.82 Å². The van der Waals surface area contributed by atoms with Crippen molar-refractivity contribution in [3.05, 3.63) is 40.7 Å². The molecule has 1 fully saturated rings. The van der Waals surface area contributed by atoms with E-state index in [1.54, 1.807) is 4.68 Å². The van der Waals surface area contributed by atoms with E-state index >= 15 is 0 Å². The van der Waals surface area contributed by atoms with Gasteiger partial charge in [-0.1, -0.05) is 55.8 Å². The van der Waals surface area contributed by atoms with Crippen molar-refractivity contribution in [1.82, 2.24) is 25.0 Å². The molecule has 1 aliphatic heterocycles. The first-order chi connectivity index (χ1) is 13.8. The minimum Gasteiger partial charge on any atom is -0.394 e. The van der Waals surface area contributed by atoms with Crippen molar-refractivity contribution < 1.29 is 10.2 Å². The van der Waals surface area contributed by atoms with Crippen LogP contribution in [0.2, 0.25) is 5.02 Å². The van der Waals surface area contributed by atoms with Gasteiger partial charge in [-0.2, -0.15) is 0 Å². The number of fused-ring (bicyclic) bond motifs is 1. The van der Waals surface area contributed by atoms with Crippen molar-refractivity contribution >= 4 is 28.6 Å². The van der Waals surface area contributed by atoms with Gasteiger partial charge in [-0.25, -0.2) is 14.6 Å². The minimum absolute atomic E-state index is 0.0683. The molecule has 1 aromatic carbocycles. The molecule has 0 spiro atoms. The molecule has 9 heteroatoms. The van der Waals surface area contributed by atoms with E-state index in [2.05, 4.69) is 10.3 Å². The molecule has 3 heterocycles. The summed E-state index contributed by atoms with van der Waals surface area (Å²) < 4.78 is 1.72. The number of benzene rings is 1. The predicted molar refractivity (Wildman–Crippen MR) is 111 cm³/mol. The third-order valence-electron chi connectivity index (χ3n) is 5.17. The molecule has 3 aromatic rings. The van der Waals surface area contributed by atoms with Crippen LogP contribution in [0, 0.1) is 0 Å². The van der Waals surface area contributed by atoms with Gasteiger partial charge in [0.05, 0.1) is 25.3 Å². The summed E-state index contributed by atoms with van der Waals surface area (Å²) in [6, 6.07) is 7.38. The van der Waals surface area contributed by atoms with Crippen LogP contribution in [0.5, 0.6) is 0 Å². The Morgan fingerprint density at radius 2 is 1.97 bits per heavy atom. The second-order valence-corrected chi connectivity index (χ2v) is 8.92. The Labute approximate surface area is 174 Å². The average molecular weight is 417 g/mol. The van der Waals surface area contributed by atoms with E-state index in [1.807, 2.05) is 49.9 Å². The van der Waals surface area contributed by atoms with Crippen molar-refractivity contribution in [2.24, 2.45) is 0 Å². The molecule has 29 heavy (non-hydrogen) atoms. The van der Waals surface area contributed by atoms with Crippen molar-refractivity contribution in [3.63, 3.8) is 0 Å². The zero-order chi connectivity index (χ0) is 20.8. The second-order valence-electron chi connectivity index (χ2n) is 8.51. The first kappa shape index (κ1) is 20.0. The first-order valence-corrected chi connectivity index (χ1v) is 10.1. The highest BCUT2D eigenvalue weighted by atomic mass is 35.5. The zero-order valence-corrected chi connectivity index (χ0v) is 17.5. The summed E-state index contributed by atoms with van der Waals surface area (Å²) in [5.74, 6) is 1.25. The van der Waals surface area contributed by atoms with Crippen LogP contribution in [0.15, 0.2) is 24.3 Å². The highest BCUT2D eigenvalue weighted by Gasteiger charge is 2.34. The molecule has 0 radical (unpaired) electrons. The standard InChI is InChI=1S/C20H25ClN6O2/c1-20(2,3)19-22-17(26-10-14(29)8-13(26)11-28)16-18(23-19)27(25-24-16)9-12-6-4-5-7-15(12)21/h4-7,13-14,28-29H,8-11H2,1-3H3/t13?,14-/m0/s1. The lowest BCUT2D eigenvalue weighted by Crippen LogP contribution is -2.34. The third kappa shape index (κ3) is 3.80. The number of aromatic nitrogens is 5. The maximum atomic E-state index is 10.1. The van der Waals surface area contributed by atoms with Gasteiger partial charge in [0.2, 0.25) is 0 Å². The van der Waals surface area contributed by atoms with Crippen molar-refractivity contribution in [2.75, 3.05) is 18.1 Å². The van der Waals surface area contributed by atoms with Crippen molar-refractivity contribution in [3.8, 4) is 0 Å². The van der Waals surface area contributed by atoms with E-state index in [9.17, 15) is 10.2 Å². The van der Waals surface area contributed by atoms with Crippen molar-refractivity contribution in [1.29, 1.82) is 0 Å². The van der Waals surface area contributed by atoms with Crippen LogP contribution >= 0.6 is 11.6 Å². The molecule has 1 aliphatic rings. The van der Waals surface area contributed by atoms with E-state index in [0.717, 1.165) is 5.56 Å². The Kier molecular flexibility index (Phi) is 5.18. The normalized spacial score (nSPS) is 20.0. The van der Waals surface area contributed by atoms with Gasteiger partial charge in [-0.3, -0.25) is 0 Å². The SMILES string of the molecule is CC(C)(C)c1nc(N2C[C@@H](O)CC2CO)c2nnn(Cc3ccccc3Cl)c2n1. The fraction of sp³-hybridized carbons (Fsp3) is 0.500. The molecular formula is C20H25ClN6O2. The molecule has 0 saturated carbocycles. The van der Waals surface area contributed by atoms with Crippen LogP contribution in [0.3, 0.4) is 0 Å². The largest absolute Gasteiger partial charge is 0.394 e. The van der Waals surface area contributed by atoms with E-state index < -0.39 is 6.10 Å². The Hall–Kier alpha value is -2.29. The topological polar surface area (TPSA) is 100 Å². The maximum Gasteiger partial charge on any atom is 0.184 e. The summed E-state index contributed by atoms with van der Waals surface area (Å²) in [7, 11) is 0. The number of hydrogen-bond donors (Lipinski definition) is 2. The molecule has 8 nitrogen and oxygen atoms in total. The molecule has 2 aromatic heterocycles. The highest BCUT2D eigenvalue weighted by Crippen LogP contribution is 2.32. The van der Waals surface area contributed by atoms with E-state index in [1.165, 1.54) is 0 Å². The maximum absolute atomic E-state index is 10.1. The van der Waals surface area contributed by atoms with Gasteiger partial charge in [-0.05, 0) is 18.1 Å². The van der Waals surface area contributed by atoms with Crippen LogP contribution < -0.4 is 4.90 Å². The smallest absolute Gasteiger partial charge is 0.184 e. The molecule has 1 unspecified atom stereocenters. The molecule has 2 atom stereocenters. The summed E-state index contributed by atoms with van der Waals surface area (Å²) in [5.41, 5.74) is 1.79. The van der Waals surface area contributed by atoms with E-state index in [0.29, 0.717) is 47.3 Å². The molecule has 4 rings (SSSR count). The zero-order valence-electron chi connectivity index (χ0n) is 16.7. The quantitative estimate of drug-likeness (QED) is 0.672. The Morgan fingerprint density at radius 1 is 1.21 bits per heavy atom. The number of β-amino-alcohol motifs (C(OH)–C–C–N with tert-alkyl or cyclic N) is 1. The van der Waals surface area contributed by atoms with E-state index in [4.69, 9.17) is 21.6 Å². The lowest BCUT2D eigenvalue weighted by Gasteiger charge is -2.26. The number of aliphatic hydroxyl groups excluding tert-OH is 2. The molecule has 154 valence electrons. The molecule has 2 N–H and O–H groups in total. The number of anilines is 1. The molecule has 0 aliphatic carbocycles. The van der Waals surface area contributed by atoms with Crippen LogP contribution in [-0.2, 0) is 12.0 Å². The fourth-order valence-corrected chi connectivity index (χ4v) is 3.79. The van der Waals surface area contributed by atoms with Gasteiger partial charge in [-0.15, -0.1) is 5.10 Å². The Bertz CT molecular complexity index is 1030. The summed E-state index contributed by atoms with van der Waals surface area (Å²) in [4.78, 5) is 11.5. The minimum atomic E-state index is -0.520. The van der Waals surface area contributed by atoms with Crippen LogP contribution in [0.1, 0.15) is 38.6 Å². The third-order valence-corrected chi connectivity index (χ3v) is 5.54. The van der Waals surface area contributed by atoms with Crippen LogP contribution in [-0.4, -0.2) is 60.5 Å².